The highest BCUT2D eigenvalue weighted by Gasteiger charge is 2.70. The van der Waals surface area contributed by atoms with Crippen LogP contribution in [0.15, 0.2) is 30.3 Å². The third-order valence-corrected chi connectivity index (χ3v) is 17.3. The van der Waals surface area contributed by atoms with Gasteiger partial charge in [-0.25, -0.2) is 0 Å². The van der Waals surface area contributed by atoms with Gasteiger partial charge < -0.3 is 18.6 Å². The van der Waals surface area contributed by atoms with Crippen molar-refractivity contribution in [1.82, 2.24) is 0 Å². The second kappa shape index (κ2) is 10.3. The summed E-state index contributed by atoms with van der Waals surface area (Å²) in [6.07, 6.45) is 7.64. The molecule has 40 heavy (non-hydrogen) atoms. The molecule has 4 aliphatic carbocycles. The first-order valence-corrected chi connectivity index (χ1v) is 19.4. The number of alkyl halides is 1. The topological polar surface area (TPSA) is 36.9 Å². The summed E-state index contributed by atoms with van der Waals surface area (Å²) in [6.45, 7) is 19.2. The minimum absolute atomic E-state index is 0.0319. The van der Waals surface area contributed by atoms with Crippen LogP contribution in [0.4, 0.5) is 0 Å². The van der Waals surface area contributed by atoms with E-state index in [0.717, 1.165) is 12.8 Å². The van der Waals surface area contributed by atoms with Crippen LogP contribution < -0.4 is 0 Å². The zero-order valence-electron chi connectivity index (χ0n) is 26.1. The highest BCUT2D eigenvalue weighted by Crippen LogP contribution is 2.67. The monoisotopic (exact) mass is 588 g/mol. The van der Waals surface area contributed by atoms with Gasteiger partial charge in [-0.3, -0.25) is 0 Å². The first-order valence-electron chi connectivity index (χ1n) is 16.1. The minimum Gasteiger partial charge on any atom is -0.414 e. The van der Waals surface area contributed by atoms with Crippen molar-refractivity contribution in [1.29, 1.82) is 0 Å². The van der Waals surface area contributed by atoms with E-state index in [-0.39, 0.29) is 46.2 Å². The Morgan fingerprint density at radius 2 is 1.65 bits per heavy atom. The molecule has 0 spiro atoms. The molecule has 1 heterocycles. The standard InChI is InChI=1S/C34H53ClO4Si/c1-32(2,3)40(7,8)39-24-18-17-22-25(24)28(35)31(36-20-21-14-10-9-11-15-21)27-26(22)30-29(37-33(4,5)38-30)23-16-12-13-19-34(23,27)6/h9-11,14-15,22-31H,12-13,16-20H2,1-8H3/t22?,23?,24-,25?,26?,27?,28-,29+,30+,31+,34-/m0/s1. The number of hydrogen-bond donors (Lipinski definition) is 0. The lowest BCUT2D eigenvalue weighted by Crippen LogP contribution is -2.68. The van der Waals surface area contributed by atoms with Crippen LogP contribution in [0.25, 0.3) is 0 Å². The molecule has 5 aliphatic rings. The van der Waals surface area contributed by atoms with Gasteiger partial charge in [-0.15, -0.1) is 11.6 Å². The molecule has 224 valence electrons. The Morgan fingerprint density at radius 1 is 0.950 bits per heavy atom. The first-order chi connectivity index (χ1) is 18.7. The average molecular weight is 589 g/mol. The van der Waals surface area contributed by atoms with Gasteiger partial charge in [0.25, 0.3) is 0 Å². The van der Waals surface area contributed by atoms with Crippen LogP contribution in [-0.2, 0) is 25.2 Å². The van der Waals surface area contributed by atoms with Crippen molar-refractivity contribution in [3.63, 3.8) is 0 Å². The maximum atomic E-state index is 7.74. The van der Waals surface area contributed by atoms with Crippen molar-refractivity contribution in [2.24, 2.45) is 35.0 Å². The molecule has 4 saturated carbocycles. The number of rotatable bonds is 5. The Labute approximate surface area is 249 Å². The molecule has 0 bridgehead atoms. The summed E-state index contributed by atoms with van der Waals surface area (Å²) in [7, 11) is -1.96. The summed E-state index contributed by atoms with van der Waals surface area (Å²) < 4.78 is 28.0. The van der Waals surface area contributed by atoms with Gasteiger partial charge in [0.1, 0.15) is 0 Å². The molecule has 0 N–H and O–H groups in total. The van der Waals surface area contributed by atoms with Crippen molar-refractivity contribution in [2.45, 2.75) is 140 Å². The summed E-state index contributed by atoms with van der Waals surface area (Å²) in [6, 6.07) is 10.6. The van der Waals surface area contributed by atoms with Gasteiger partial charge in [-0.1, -0.05) is 70.9 Å². The van der Waals surface area contributed by atoms with E-state index in [0.29, 0.717) is 30.3 Å². The van der Waals surface area contributed by atoms with E-state index in [1.807, 2.05) is 0 Å². The Bertz CT molecular complexity index is 1060. The molecule has 4 nitrogen and oxygen atoms in total. The molecule has 1 aliphatic heterocycles. The van der Waals surface area contributed by atoms with E-state index in [2.05, 4.69) is 85.0 Å². The summed E-state index contributed by atoms with van der Waals surface area (Å²) in [4.78, 5) is 0. The Balaban J connectivity index is 1.41. The van der Waals surface area contributed by atoms with Crippen LogP contribution in [0.1, 0.15) is 85.6 Å². The van der Waals surface area contributed by atoms with E-state index in [1.54, 1.807) is 0 Å². The maximum absolute atomic E-state index is 7.74. The number of ether oxygens (including phenoxy) is 3. The lowest BCUT2D eigenvalue weighted by atomic mass is 9.45. The predicted octanol–water partition coefficient (Wildman–Crippen LogP) is 8.57. The second-order valence-corrected chi connectivity index (χ2v) is 21.2. The molecule has 5 unspecified atom stereocenters. The van der Waals surface area contributed by atoms with Gasteiger partial charge >= 0.3 is 0 Å². The fourth-order valence-electron chi connectivity index (χ4n) is 9.49. The number of hydrogen-bond acceptors (Lipinski definition) is 4. The number of halogens is 1. The summed E-state index contributed by atoms with van der Waals surface area (Å²) >= 11 is 7.74. The van der Waals surface area contributed by atoms with Crippen LogP contribution in [0, 0.1) is 35.0 Å². The molecular formula is C34H53ClO4Si. The quantitative estimate of drug-likeness (QED) is 0.255. The van der Waals surface area contributed by atoms with Crippen molar-refractivity contribution < 1.29 is 18.6 Å². The fourth-order valence-corrected chi connectivity index (χ4v) is 11.5. The molecule has 1 aromatic rings. The van der Waals surface area contributed by atoms with E-state index >= 15 is 0 Å². The van der Waals surface area contributed by atoms with E-state index in [9.17, 15) is 0 Å². The zero-order chi connectivity index (χ0) is 28.7. The molecule has 0 amide bonds. The van der Waals surface area contributed by atoms with Gasteiger partial charge in [0.2, 0.25) is 0 Å². The SMILES string of the molecule is CC1(C)O[C@@H]2C3C4CC[C@H](O[Si](C)(C)C(C)(C)C)C4[C@H](Cl)[C@H](OCc4ccccc4)C3[C@@]3(C)CCCCC3[C@H]2O1. The van der Waals surface area contributed by atoms with Crippen LogP contribution in [0.2, 0.25) is 18.1 Å². The van der Waals surface area contributed by atoms with Crippen LogP contribution >= 0.6 is 11.6 Å². The molecule has 5 fully saturated rings. The summed E-state index contributed by atoms with van der Waals surface area (Å²) in [5.74, 6) is 1.41. The fraction of sp³-hybridized carbons (Fsp3) is 0.824. The molecular weight excluding hydrogens is 536 g/mol. The normalized spacial score (nSPS) is 44.4. The molecule has 6 heteroatoms. The van der Waals surface area contributed by atoms with E-state index in [4.69, 9.17) is 30.2 Å². The van der Waals surface area contributed by atoms with Crippen LogP contribution in [0.3, 0.4) is 0 Å². The van der Waals surface area contributed by atoms with Crippen molar-refractivity contribution in [3.8, 4) is 0 Å². The van der Waals surface area contributed by atoms with Gasteiger partial charge in [-0.2, -0.15) is 0 Å². The largest absolute Gasteiger partial charge is 0.414 e. The van der Waals surface area contributed by atoms with E-state index in [1.165, 1.54) is 31.2 Å². The first kappa shape index (κ1) is 29.6. The van der Waals surface area contributed by atoms with Crippen molar-refractivity contribution in [3.05, 3.63) is 35.9 Å². The number of fused-ring (bicyclic) bond motifs is 8. The molecule has 11 atom stereocenters. The third-order valence-electron chi connectivity index (χ3n) is 12.2. The predicted molar refractivity (Wildman–Crippen MR) is 164 cm³/mol. The molecule has 0 aromatic heterocycles. The third kappa shape index (κ3) is 4.87. The summed E-state index contributed by atoms with van der Waals surface area (Å²) in [5, 5.41) is 0.0943. The molecule has 6 rings (SSSR count). The lowest BCUT2D eigenvalue weighted by Gasteiger charge is -2.63. The molecule has 1 saturated heterocycles. The van der Waals surface area contributed by atoms with E-state index < -0.39 is 14.1 Å². The van der Waals surface area contributed by atoms with Crippen LogP contribution in [0.5, 0.6) is 0 Å². The smallest absolute Gasteiger partial charge is 0.192 e. The Hall–Kier alpha value is -0.433. The van der Waals surface area contributed by atoms with Crippen LogP contribution in [-0.4, -0.2) is 43.9 Å². The molecule has 1 aromatic carbocycles. The van der Waals surface area contributed by atoms with Gasteiger partial charge in [0.05, 0.1) is 30.3 Å². The number of benzene rings is 1. The summed E-state index contributed by atoms with van der Waals surface area (Å²) in [5.41, 5.74) is 1.34. The lowest BCUT2D eigenvalue weighted by molar-refractivity contribution is -0.214. The minimum atomic E-state index is -1.96. The highest BCUT2D eigenvalue weighted by atomic mass is 35.5. The highest BCUT2D eigenvalue weighted by molar-refractivity contribution is 6.74. The van der Waals surface area contributed by atoms with Crippen molar-refractivity contribution in [2.75, 3.05) is 0 Å². The second-order valence-electron chi connectivity index (χ2n) is 16.0. The van der Waals surface area contributed by atoms with Crippen molar-refractivity contribution >= 4 is 19.9 Å². The van der Waals surface area contributed by atoms with Gasteiger partial charge in [0.15, 0.2) is 14.1 Å². The zero-order valence-corrected chi connectivity index (χ0v) is 27.9. The van der Waals surface area contributed by atoms with Gasteiger partial charge in [-0.05, 0) is 92.3 Å². The Kier molecular flexibility index (Phi) is 7.66. The van der Waals surface area contributed by atoms with Gasteiger partial charge in [0, 0.05) is 12.0 Å². The molecule has 0 radical (unpaired) electrons. The average Bonchev–Trinajstić information content (AvgIpc) is 3.43. The maximum Gasteiger partial charge on any atom is 0.192 e. The Morgan fingerprint density at radius 3 is 2.35 bits per heavy atom.